The fourth-order valence-electron chi connectivity index (χ4n) is 2.85. The van der Waals surface area contributed by atoms with Crippen molar-refractivity contribution in [2.24, 2.45) is 5.92 Å². The summed E-state index contributed by atoms with van der Waals surface area (Å²) < 4.78 is 10.8. The van der Waals surface area contributed by atoms with Gasteiger partial charge in [0.25, 0.3) is 0 Å². The van der Waals surface area contributed by atoms with Crippen LogP contribution in [-0.2, 0) is 19.1 Å². The maximum Gasteiger partial charge on any atom is 0.352 e. The number of unbranched alkanes of at least 4 members (excludes halogenated alkanes) is 2. The molecule has 126 valence electrons. The monoisotopic (exact) mass is 318 g/mol. The second kappa shape index (κ2) is 9.33. The number of hydrogen-bond donors (Lipinski definition) is 0. The Bertz CT molecular complexity index is 491. The van der Waals surface area contributed by atoms with E-state index in [9.17, 15) is 9.59 Å². The summed E-state index contributed by atoms with van der Waals surface area (Å²) in [4.78, 5) is 24.6. The second-order valence-electron chi connectivity index (χ2n) is 6.08. The van der Waals surface area contributed by atoms with E-state index in [-0.39, 0.29) is 11.9 Å². The minimum Gasteiger partial charge on any atom is -0.463 e. The Kier molecular flexibility index (Phi) is 7.11. The molecule has 4 nitrogen and oxygen atoms in total. The van der Waals surface area contributed by atoms with E-state index in [4.69, 9.17) is 9.47 Å². The third-order valence-electron chi connectivity index (χ3n) is 4.23. The topological polar surface area (TPSA) is 52.6 Å². The quantitative estimate of drug-likeness (QED) is 0.532. The van der Waals surface area contributed by atoms with Gasteiger partial charge in [0.2, 0.25) is 6.10 Å². The number of rotatable bonds is 8. The zero-order valence-electron chi connectivity index (χ0n) is 13.8. The lowest BCUT2D eigenvalue weighted by Crippen LogP contribution is -2.25. The highest BCUT2D eigenvalue weighted by Crippen LogP contribution is 2.29. The van der Waals surface area contributed by atoms with Gasteiger partial charge in [-0.05, 0) is 19.3 Å². The zero-order valence-corrected chi connectivity index (χ0v) is 13.8. The average molecular weight is 318 g/mol. The minimum atomic E-state index is -0.953. The Labute approximate surface area is 138 Å². The lowest BCUT2D eigenvalue weighted by Gasteiger charge is -2.19. The summed E-state index contributed by atoms with van der Waals surface area (Å²) >= 11 is 0. The van der Waals surface area contributed by atoms with Crippen molar-refractivity contribution < 1.29 is 19.1 Å². The Morgan fingerprint density at radius 1 is 1.13 bits per heavy atom. The highest BCUT2D eigenvalue weighted by Gasteiger charge is 2.31. The highest BCUT2D eigenvalue weighted by molar-refractivity contribution is 5.81. The Hall–Kier alpha value is -1.84. The molecular formula is C19H26O4. The zero-order chi connectivity index (χ0) is 16.5. The van der Waals surface area contributed by atoms with Crippen LogP contribution in [0, 0.1) is 5.92 Å². The maximum atomic E-state index is 12.4. The van der Waals surface area contributed by atoms with Crippen LogP contribution < -0.4 is 0 Å². The first-order chi connectivity index (χ1) is 11.2. The van der Waals surface area contributed by atoms with Crippen molar-refractivity contribution in [1.82, 2.24) is 0 Å². The fourth-order valence-corrected chi connectivity index (χ4v) is 2.85. The summed E-state index contributed by atoms with van der Waals surface area (Å²) in [6.07, 6.45) is 5.78. The molecule has 0 saturated heterocycles. The predicted octanol–water partition coefficient (Wildman–Crippen LogP) is 4.19. The number of carbonyl (C=O) groups excluding carboxylic acids is 2. The summed E-state index contributed by atoms with van der Waals surface area (Å²) in [5, 5.41) is 0. The Morgan fingerprint density at radius 3 is 2.48 bits per heavy atom. The lowest BCUT2D eigenvalue weighted by molar-refractivity contribution is -0.171. The van der Waals surface area contributed by atoms with Crippen LogP contribution in [0.1, 0.15) is 63.5 Å². The lowest BCUT2D eigenvalue weighted by atomic mass is 10.1. The summed E-state index contributed by atoms with van der Waals surface area (Å²) in [6.45, 7) is 2.47. The van der Waals surface area contributed by atoms with Gasteiger partial charge in [-0.15, -0.1) is 0 Å². The molecule has 0 heterocycles. The molecule has 1 aliphatic carbocycles. The Morgan fingerprint density at radius 2 is 1.83 bits per heavy atom. The smallest absolute Gasteiger partial charge is 0.352 e. The number of hydrogen-bond acceptors (Lipinski definition) is 4. The van der Waals surface area contributed by atoms with E-state index in [2.05, 4.69) is 6.92 Å². The van der Waals surface area contributed by atoms with Crippen molar-refractivity contribution in [3.8, 4) is 0 Å². The first-order valence-electron chi connectivity index (χ1n) is 8.64. The number of benzene rings is 1. The van der Waals surface area contributed by atoms with Crippen LogP contribution in [0.5, 0.6) is 0 Å². The molecule has 23 heavy (non-hydrogen) atoms. The molecule has 1 aromatic rings. The molecule has 1 fully saturated rings. The van der Waals surface area contributed by atoms with E-state index in [1.54, 1.807) is 12.1 Å². The van der Waals surface area contributed by atoms with Crippen LogP contribution in [-0.4, -0.2) is 18.5 Å². The van der Waals surface area contributed by atoms with Gasteiger partial charge in [0.15, 0.2) is 0 Å². The normalized spacial score (nSPS) is 16.0. The van der Waals surface area contributed by atoms with Gasteiger partial charge in [-0.3, -0.25) is 4.79 Å². The largest absolute Gasteiger partial charge is 0.463 e. The molecule has 0 bridgehead atoms. The van der Waals surface area contributed by atoms with Crippen LogP contribution in [0.25, 0.3) is 0 Å². The summed E-state index contributed by atoms with van der Waals surface area (Å²) in [5.41, 5.74) is 0.666. The predicted molar refractivity (Wildman–Crippen MR) is 87.7 cm³/mol. The van der Waals surface area contributed by atoms with E-state index in [1.807, 2.05) is 18.2 Å². The first-order valence-corrected chi connectivity index (χ1v) is 8.64. The van der Waals surface area contributed by atoms with Gasteiger partial charge in [-0.25, -0.2) is 4.79 Å². The van der Waals surface area contributed by atoms with Crippen LogP contribution in [0.2, 0.25) is 0 Å². The summed E-state index contributed by atoms with van der Waals surface area (Å²) in [6, 6.07) is 9.11. The van der Waals surface area contributed by atoms with Gasteiger partial charge in [0, 0.05) is 5.56 Å². The van der Waals surface area contributed by atoms with Crippen molar-refractivity contribution >= 4 is 11.9 Å². The fraction of sp³-hybridized carbons (Fsp3) is 0.579. The van der Waals surface area contributed by atoms with E-state index >= 15 is 0 Å². The molecule has 2 rings (SSSR count). The van der Waals surface area contributed by atoms with Crippen molar-refractivity contribution in [2.75, 3.05) is 6.61 Å². The van der Waals surface area contributed by atoms with Gasteiger partial charge < -0.3 is 9.47 Å². The first kappa shape index (κ1) is 17.5. The van der Waals surface area contributed by atoms with Crippen molar-refractivity contribution in [3.05, 3.63) is 35.9 Å². The van der Waals surface area contributed by atoms with Crippen LogP contribution in [0.4, 0.5) is 0 Å². The molecule has 1 unspecified atom stereocenters. The third kappa shape index (κ3) is 5.38. The molecule has 0 N–H and O–H groups in total. The van der Waals surface area contributed by atoms with E-state index < -0.39 is 12.1 Å². The standard InChI is InChI=1S/C19H26O4/c1-2-3-9-14-22-19(21)17(15-10-5-4-6-11-15)23-18(20)16-12-7-8-13-16/h4-6,10-11,16-17H,2-3,7-9,12-14H2,1H3. The molecule has 1 saturated carbocycles. The molecule has 1 atom stereocenters. The molecule has 0 aliphatic heterocycles. The van der Waals surface area contributed by atoms with Gasteiger partial charge in [0.05, 0.1) is 12.5 Å². The molecule has 4 heteroatoms. The minimum absolute atomic E-state index is 0.0749. The Balaban J connectivity index is 1.99. The number of ether oxygens (including phenoxy) is 2. The van der Waals surface area contributed by atoms with Gasteiger partial charge in [-0.2, -0.15) is 0 Å². The van der Waals surface area contributed by atoms with Gasteiger partial charge in [0.1, 0.15) is 0 Å². The third-order valence-corrected chi connectivity index (χ3v) is 4.23. The molecule has 0 spiro atoms. The summed E-state index contributed by atoms with van der Waals surface area (Å²) in [5.74, 6) is -0.824. The number of carbonyl (C=O) groups is 2. The van der Waals surface area contributed by atoms with E-state index in [0.717, 1.165) is 44.9 Å². The van der Waals surface area contributed by atoms with Crippen LogP contribution in [0.3, 0.4) is 0 Å². The number of esters is 2. The van der Waals surface area contributed by atoms with Crippen molar-refractivity contribution in [1.29, 1.82) is 0 Å². The van der Waals surface area contributed by atoms with Gasteiger partial charge in [-0.1, -0.05) is 62.9 Å². The molecule has 0 radical (unpaired) electrons. The average Bonchev–Trinajstić information content (AvgIpc) is 3.11. The SMILES string of the molecule is CCCCCOC(=O)C(OC(=O)C1CCCC1)c1ccccc1. The van der Waals surface area contributed by atoms with Crippen LogP contribution in [0.15, 0.2) is 30.3 Å². The molecule has 1 aromatic carbocycles. The van der Waals surface area contributed by atoms with Crippen molar-refractivity contribution in [3.63, 3.8) is 0 Å². The molecule has 0 amide bonds. The molecular weight excluding hydrogens is 292 g/mol. The second-order valence-corrected chi connectivity index (χ2v) is 6.08. The van der Waals surface area contributed by atoms with Gasteiger partial charge >= 0.3 is 11.9 Å². The molecule has 1 aliphatic rings. The summed E-state index contributed by atoms with van der Waals surface area (Å²) in [7, 11) is 0. The van der Waals surface area contributed by atoms with E-state index in [1.165, 1.54) is 0 Å². The maximum absolute atomic E-state index is 12.4. The van der Waals surface area contributed by atoms with Crippen molar-refractivity contribution in [2.45, 2.75) is 58.0 Å². The van der Waals surface area contributed by atoms with Crippen LogP contribution >= 0.6 is 0 Å². The highest BCUT2D eigenvalue weighted by atomic mass is 16.6. The molecule has 0 aromatic heterocycles. The van der Waals surface area contributed by atoms with E-state index in [0.29, 0.717) is 12.2 Å².